The molecule has 0 saturated carbocycles. The Morgan fingerprint density at radius 3 is 2.13 bits per heavy atom. The predicted octanol–water partition coefficient (Wildman–Crippen LogP) is 1.02. The SMILES string of the molecule is CC(=O)OC[C@H]1O[C@H](n2cc(NC(=O)c3sc(N)nc3C)cc2C(=O)NCCCN(C)C)[C@H](OC(C)=O)[C@H](OC(C)=O)[C@@H]1OC(C)=O. The quantitative estimate of drug-likeness (QED) is 0.153. The van der Waals surface area contributed by atoms with E-state index in [1.807, 2.05) is 19.0 Å². The normalized spacial score (nSPS) is 20.6. The number of nitrogens with two attached hydrogens (primary N) is 1. The Kier molecular flexibility index (Phi) is 12.8. The number of hydrogen-bond donors (Lipinski definition) is 3. The molecule has 17 nitrogen and oxygen atoms in total. The fourth-order valence-electron chi connectivity index (χ4n) is 4.87. The highest BCUT2D eigenvalue weighted by Gasteiger charge is 2.53. The van der Waals surface area contributed by atoms with Crippen LogP contribution in [0.3, 0.4) is 0 Å². The van der Waals surface area contributed by atoms with Crippen molar-refractivity contribution in [2.24, 2.45) is 0 Å². The van der Waals surface area contributed by atoms with Gasteiger partial charge in [-0.2, -0.15) is 0 Å². The minimum absolute atomic E-state index is 0.0356. The monoisotopic (exact) mass is 680 g/mol. The van der Waals surface area contributed by atoms with Crippen LogP contribution in [0.1, 0.15) is 66.2 Å². The van der Waals surface area contributed by atoms with E-state index in [-0.39, 0.29) is 21.4 Å². The molecular weight excluding hydrogens is 640 g/mol. The number of anilines is 2. The molecule has 5 atom stereocenters. The average Bonchev–Trinajstić information content (AvgIpc) is 3.53. The fourth-order valence-corrected chi connectivity index (χ4v) is 5.60. The molecule has 3 heterocycles. The molecule has 0 bridgehead atoms. The summed E-state index contributed by atoms with van der Waals surface area (Å²) >= 11 is 0.980. The van der Waals surface area contributed by atoms with E-state index in [1.165, 1.54) is 16.8 Å². The highest BCUT2D eigenvalue weighted by atomic mass is 32.1. The molecule has 0 spiro atoms. The van der Waals surface area contributed by atoms with E-state index >= 15 is 0 Å². The minimum atomic E-state index is -1.49. The number of nitrogens with zero attached hydrogens (tertiary/aromatic N) is 3. The van der Waals surface area contributed by atoms with Crippen LogP contribution in [-0.2, 0) is 42.9 Å². The zero-order valence-corrected chi connectivity index (χ0v) is 28.0. The van der Waals surface area contributed by atoms with Crippen molar-refractivity contribution in [1.82, 2.24) is 19.8 Å². The van der Waals surface area contributed by atoms with Crippen molar-refractivity contribution in [1.29, 1.82) is 0 Å². The number of rotatable bonds is 13. The van der Waals surface area contributed by atoms with E-state index in [2.05, 4.69) is 15.6 Å². The van der Waals surface area contributed by atoms with Crippen molar-refractivity contribution in [2.45, 2.75) is 71.7 Å². The number of nitrogens with one attached hydrogen (secondary N) is 2. The molecule has 0 aliphatic carbocycles. The van der Waals surface area contributed by atoms with Crippen molar-refractivity contribution in [2.75, 3.05) is 44.8 Å². The molecule has 2 aromatic rings. The highest BCUT2D eigenvalue weighted by molar-refractivity contribution is 7.17. The van der Waals surface area contributed by atoms with Crippen LogP contribution >= 0.6 is 11.3 Å². The first kappa shape index (κ1) is 36.9. The number of ether oxygens (including phenoxy) is 5. The third-order valence-corrected chi connectivity index (χ3v) is 7.65. The first-order valence-electron chi connectivity index (χ1n) is 14.6. The van der Waals surface area contributed by atoms with Crippen LogP contribution in [0.2, 0.25) is 0 Å². The van der Waals surface area contributed by atoms with E-state index < -0.39 is 72.9 Å². The van der Waals surface area contributed by atoms with Crippen LogP contribution in [0.4, 0.5) is 10.8 Å². The first-order chi connectivity index (χ1) is 22.1. The second-order valence-corrected chi connectivity index (χ2v) is 12.0. The number of hydrogen-bond acceptors (Lipinski definition) is 15. The summed E-state index contributed by atoms with van der Waals surface area (Å²) in [4.78, 5) is 81.5. The molecule has 1 fully saturated rings. The maximum atomic E-state index is 13.6. The van der Waals surface area contributed by atoms with Gasteiger partial charge in [-0.15, -0.1) is 0 Å². The van der Waals surface area contributed by atoms with Crippen LogP contribution in [0.25, 0.3) is 0 Å². The van der Waals surface area contributed by atoms with Gasteiger partial charge in [-0.05, 0) is 40.1 Å². The Morgan fingerprint density at radius 1 is 0.957 bits per heavy atom. The summed E-state index contributed by atoms with van der Waals surface area (Å²) in [6.45, 7) is 6.63. The van der Waals surface area contributed by atoms with Crippen molar-refractivity contribution in [3.8, 4) is 0 Å². The number of amides is 2. The number of aromatic nitrogens is 2. The van der Waals surface area contributed by atoms with E-state index in [9.17, 15) is 28.8 Å². The molecule has 2 amide bonds. The number of carbonyl (C=O) groups is 6. The summed E-state index contributed by atoms with van der Waals surface area (Å²) in [7, 11) is 3.79. The Bertz CT molecular complexity index is 1490. The van der Waals surface area contributed by atoms with Gasteiger partial charge in [0, 0.05) is 40.4 Å². The van der Waals surface area contributed by atoms with Crippen LogP contribution in [0, 0.1) is 6.92 Å². The molecule has 1 aliphatic rings. The van der Waals surface area contributed by atoms with Gasteiger partial charge in [-0.3, -0.25) is 28.8 Å². The summed E-state index contributed by atoms with van der Waals surface area (Å²) in [5.74, 6) is -4.21. The van der Waals surface area contributed by atoms with Gasteiger partial charge in [-0.1, -0.05) is 11.3 Å². The second-order valence-electron chi connectivity index (χ2n) is 10.9. The Balaban J connectivity index is 2.14. The lowest BCUT2D eigenvalue weighted by atomic mass is 9.97. The van der Waals surface area contributed by atoms with Crippen molar-refractivity contribution in [3.05, 3.63) is 28.5 Å². The second kappa shape index (κ2) is 16.3. The molecule has 0 unspecified atom stereocenters. The summed E-state index contributed by atoms with van der Waals surface area (Å²) in [5.41, 5.74) is 6.28. The molecule has 3 rings (SSSR count). The van der Waals surface area contributed by atoms with E-state index in [0.717, 1.165) is 39.0 Å². The molecule has 47 heavy (non-hydrogen) atoms. The summed E-state index contributed by atoms with van der Waals surface area (Å²) in [5, 5.41) is 5.73. The van der Waals surface area contributed by atoms with Gasteiger partial charge < -0.3 is 49.5 Å². The van der Waals surface area contributed by atoms with Gasteiger partial charge in [0.05, 0.1) is 11.4 Å². The zero-order chi connectivity index (χ0) is 35.0. The van der Waals surface area contributed by atoms with Crippen molar-refractivity contribution in [3.63, 3.8) is 0 Å². The minimum Gasteiger partial charge on any atom is -0.463 e. The summed E-state index contributed by atoms with van der Waals surface area (Å²) in [6, 6.07) is 1.38. The number of aryl methyl sites for hydroxylation is 1. The smallest absolute Gasteiger partial charge is 0.303 e. The Morgan fingerprint density at radius 2 is 1.57 bits per heavy atom. The Labute approximate surface area is 275 Å². The van der Waals surface area contributed by atoms with Gasteiger partial charge in [0.15, 0.2) is 29.7 Å². The lowest BCUT2D eigenvalue weighted by Crippen LogP contribution is -2.60. The third kappa shape index (κ3) is 10.2. The fraction of sp³-hybridized carbons (Fsp3) is 0.552. The van der Waals surface area contributed by atoms with E-state index in [0.29, 0.717) is 25.2 Å². The standard InChI is InChI=1S/C29H40N6O11S/c1-14-25(47-29(30)32-14)27(41)33-19-11-20(26(40)31-9-8-10-34(6)7)35(12-19)28-24(45-18(5)39)23(44-17(4)38)22(43-16(3)37)21(46-28)13-42-15(2)36/h11-12,21-24,28H,8-10,13H2,1-7H3,(H2,30,32)(H,31,40)(H,33,41)/t21-,22-,23-,24-,28+/m1/s1. The van der Waals surface area contributed by atoms with Crippen LogP contribution in [0.5, 0.6) is 0 Å². The molecule has 1 aliphatic heterocycles. The van der Waals surface area contributed by atoms with E-state index in [4.69, 9.17) is 29.4 Å². The largest absolute Gasteiger partial charge is 0.463 e. The summed E-state index contributed by atoms with van der Waals surface area (Å²) < 4.78 is 29.3. The van der Waals surface area contributed by atoms with Crippen molar-refractivity contribution < 1.29 is 52.5 Å². The molecule has 0 radical (unpaired) electrons. The van der Waals surface area contributed by atoms with Crippen LogP contribution < -0.4 is 16.4 Å². The van der Waals surface area contributed by atoms with E-state index in [1.54, 1.807) is 6.92 Å². The number of esters is 4. The van der Waals surface area contributed by atoms with Gasteiger partial charge in [0.2, 0.25) is 0 Å². The molecule has 18 heteroatoms. The Hall–Kier alpha value is -4.55. The van der Waals surface area contributed by atoms with Crippen molar-refractivity contribution >= 4 is 57.8 Å². The highest BCUT2D eigenvalue weighted by Crippen LogP contribution is 2.37. The lowest BCUT2D eigenvalue weighted by molar-refractivity contribution is -0.268. The molecule has 4 N–H and O–H groups in total. The average molecular weight is 681 g/mol. The van der Waals surface area contributed by atoms with Gasteiger partial charge >= 0.3 is 23.9 Å². The number of thiazole rings is 1. The zero-order valence-electron chi connectivity index (χ0n) is 27.2. The molecule has 258 valence electrons. The topological polar surface area (TPSA) is 220 Å². The lowest BCUT2D eigenvalue weighted by Gasteiger charge is -2.45. The number of carbonyl (C=O) groups excluding carboxylic acids is 6. The third-order valence-electron chi connectivity index (χ3n) is 6.67. The summed E-state index contributed by atoms with van der Waals surface area (Å²) in [6.07, 6.45) is -5.06. The molecule has 1 saturated heterocycles. The first-order valence-corrected chi connectivity index (χ1v) is 15.4. The number of nitrogen functional groups attached to an aromatic ring is 1. The maximum Gasteiger partial charge on any atom is 0.303 e. The molecular formula is C29H40N6O11S. The van der Waals surface area contributed by atoms with Crippen LogP contribution in [-0.4, -0.2) is 108 Å². The van der Waals surface area contributed by atoms with Crippen LogP contribution in [0.15, 0.2) is 12.3 Å². The van der Waals surface area contributed by atoms with Gasteiger partial charge in [0.1, 0.15) is 23.3 Å². The maximum absolute atomic E-state index is 13.6. The van der Waals surface area contributed by atoms with Gasteiger partial charge in [-0.25, -0.2) is 4.98 Å². The molecule has 0 aromatic carbocycles. The predicted molar refractivity (Wildman–Crippen MR) is 166 cm³/mol. The van der Waals surface area contributed by atoms with Gasteiger partial charge in [0.25, 0.3) is 11.8 Å². The molecule has 2 aromatic heterocycles.